The number of oxazole rings is 1. The summed E-state index contributed by atoms with van der Waals surface area (Å²) in [7, 11) is 0. The van der Waals surface area contributed by atoms with E-state index in [0.29, 0.717) is 17.0 Å². The van der Waals surface area contributed by atoms with Crippen molar-refractivity contribution >= 4 is 21.8 Å². The Hall–Kier alpha value is -1.56. The van der Waals surface area contributed by atoms with Crippen molar-refractivity contribution in [3.8, 4) is 0 Å². The minimum Gasteiger partial charge on any atom is -0.445 e. The standard InChI is InChI=1S/C16H21BrN2O3/c1-10-11(22-15(19-10)16(2,3)4)6-5-9-18-14(20)12-7-8-13(17)21-12/h7-8H,5-6,9H2,1-4H3,(H,18,20). The quantitative estimate of drug-likeness (QED) is 0.809. The molecule has 2 rings (SSSR count). The zero-order chi connectivity index (χ0) is 16.3. The van der Waals surface area contributed by atoms with Gasteiger partial charge < -0.3 is 14.2 Å². The number of amides is 1. The molecule has 0 aliphatic heterocycles. The third-order valence-electron chi connectivity index (χ3n) is 3.20. The molecule has 0 unspecified atom stereocenters. The van der Waals surface area contributed by atoms with Crippen molar-refractivity contribution in [3.05, 3.63) is 39.9 Å². The maximum absolute atomic E-state index is 11.8. The number of carbonyl (C=O) groups is 1. The molecule has 0 spiro atoms. The smallest absolute Gasteiger partial charge is 0.287 e. The SMILES string of the molecule is Cc1nc(C(C)(C)C)oc1CCCNC(=O)c1ccc(Br)o1. The third kappa shape index (κ3) is 4.22. The van der Waals surface area contributed by atoms with E-state index in [1.165, 1.54) is 0 Å². The highest BCUT2D eigenvalue weighted by Crippen LogP contribution is 2.24. The van der Waals surface area contributed by atoms with Crippen molar-refractivity contribution in [2.75, 3.05) is 6.54 Å². The first-order chi connectivity index (χ1) is 10.3. The van der Waals surface area contributed by atoms with E-state index < -0.39 is 0 Å². The van der Waals surface area contributed by atoms with Crippen molar-refractivity contribution in [1.29, 1.82) is 0 Å². The molecule has 2 heterocycles. The van der Waals surface area contributed by atoms with Crippen LogP contribution in [0.1, 0.15) is 55.1 Å². The molecule has 22 heavy (non-hydrogen) atoms. The van der Waals surface area contributed by atoms with E-state index in [0.717, 1.165) is 30.2 Å². The third-order valence-corrected chi connectivity index (χ3v) is 3.62. The lowest BCUT2D eigenvalue weighted by Crippen LogP contribution is -2.24. The number of nitrogens with zero attached hydrogens (tertiary/aromatic N) is 1. The monoisotopic (exact) mass is 368 g/mol. The molecular formula is C16H21BrN2O3. The molecule has 120 valence electrons. The molecule has 2 aromatic rings. The largest absolute Gasteiger partial charge is 0.445 e. The Morgan fingerprint density at radius 1 is 1.32 bits per heavy atom. The number of carbonyl (C=O) groups excluding carboxylic acids is 1. The average molecular weight is 369 g/mol. The molecule has 0 aromatic carbocycles. The van der Waals surface area contributed by atoms with Crippen LogP contribution in [0, 0.1) is 6.92 Å². The fourth-order valence-electron chi connectivity index (χ4n) is 1.96. The molecule has 0 saturated heterocycles. The summed E-state index contributed by atoms with van der Waals surface area (Å²) in [6.45, 7) is 8.73. The maximum atomic E-state index is 11.8. The number of nitrogens with one attached hydrogen (secondary N) is 1. The van der Waals surface area contributed by atoms with Gasteiger partial charge >= 0.3 is 0 Å². The van der Waals surface area contributed by atoms with Crippen LogP contribution in [-0.4, -0.2) is 17.4 Å². The highest BCUT2D eigenvalue weighted by molar-refractivity contribution is 9.10. The minimum atomic E-state index is -0.213. The Morgan fingerprint density at radius 3 is 2.59 bits per heavy atom. The van der Waals surface area contributed by atoms with Gasteiger partial charge in [-0.25, -0.2) is 4.98 Å². The predicted octanol–water partition coefficient (Wildman–Crippen LogP) is 4.00. The van der Waals surface area contributed by atoms with Crippen LogP contribution in [-0.2, 0) is 11.8 Å². The van der Waals surface area contributed by atoms with Gasteiger partial charge in [0.25, 0.3) is 5.91 Å². The van der Waals surface area contributed by atoms with E-state index in [2.05, 4.69) is 47.0 Å². The van der Waals surface area contributed by atoms with E-state index >= 15 is 0 Å². The summed E-state index contributed by atoms with van der Waals surface area (Å²) in [5.74, 6) is 1.73. The van der Waals surface area contributed by atoms with Crippen molar-refractivity contribution in [2.45, 2.75) is 46.0 Å². The molecule has 2 aromatic heterocycles. The van der Waals surface area contributed by atoms with Gasteiger partial charge in [0.05, 0.1) is 5.69 Å². The Morgan fingerprint density at radius 2 is 2.05 bits per heavy atom. The summed E-state index contributed by atoms with van der Waals surface area (Å²) in [4.78, 5) is 16.3. The lowest BCUT2D eigenvalue weighted by Gasteiger charge is -2.12. The zero-order valence-corrected chi connectivity index (χ0v) is 14.9. The molecule has 0 fully saturated rings. The first-order valence-electron chi connectivity index (χ1n) is 7.27. The van der Waals surface area contributed by atoms with Gasteiger partial charge in [0, 0.05) is 18.4 Å². The van der Waals surface area contributed by atoms with Gasteiger partial charge in [0.1, 0.15) is 5.76 Å². The molecule has 1 N–H and O–H groups in total. The fourth-order valence-corrected chi connectivity index (χ4v) is 2.26. The average Bonchev–Trinajstić information content (AvgIpc) is 3.01. The van der Waals surface area contributed by atoms with Crippen LogP contribution in [0.4, 0.5) is 0 Å². The van der Waals surface area contributed by atoms with Crippen LogP contribution in [0.3, 0.4) is 0 Å². The van der Waals surface area contributed by atoms with E-state index in [-0.39, 0.29) is 11.3 Å². The van der Waals surface area contributed by atoms with Crippen LogP contribution in [0.5, 0.6) is 0 Å². The first kappa shape index (κ1) is 16.8. The number of hydrogen-bond donors (Lipinski definition) is 1. The number of aromatic nitrogens is 1. The van der Waals surface area contributed by atoms with E-state index in [4.69, 9.17) is 8.83 Å². The molecule has 0 bridgehead atoms. The molecule has 0 aliphatic rings. The maximum Gasteiger partial charge on any atom is 0.287 e. The van der Waals surface area contributed by atoms with Crippen LogP contribution in [0.15, 0.2) is 25.6 Å². The van der Waals surface area contributed by atoms with Crippen molar-refractivity contribution in [1.82, 2.24) is 10.3 Å². The number of aryl methyl sites for hydroxylation is 2. The summed E-state index contributed by atoms with van der Waals surface area (Å²) in [5, 5.41) is 2.82. The summed E-state index contributed by atoms with van der Waals surface area (Å²) in [6, 6.07) is 3.33. The number of rotatable bonds is 5. The molecule has 5 nitrogen and oxygen atoms in total. The van der Waals surface area contributed by atoms with Gasteiger partial charge in [0.2, 0.25) is 0 Å². The van der Waals surface area contributed by atoms with Crippen molar-refractivity contribution in [2.24, 2.45) is 0 Å². The Kier molecular flexibility index (Phi) is 5.11. The number of halogens is 1. The molecular weight excluding hydrogens is 348 g/mol. The van der Waals surface area contributed by atoms with Crippen LogP contribution >= 0.6 is 15.9 Å². The summed E-state index contributed by atoms with van der Waals surface area (Å²) in [5.41, 5.74) is 0.829. The second-order valence-corrected chi connectivity index (χ2v) is 7.02. The summed E-state index contributed by atoms with van der Waals surface area (Å²) in [6.07, 6.45) is 1.53. The Bertz CT molecular complexity index is 653. The normalized spacial score (nSPS) is 11.7. The van der Waals surface area contributed by atoms with Gasteiger partial charge in [-0.15, -0.1) is 0 Å². The predicted molar refractivity (Wildman–Crippen MR) is 87.0 cm³/mol. The minimum absolute atomic E-state index is 0.0934. The Labute approximate surface area is 138 Å². The Balaban J connectivity index is 1.82. The van der Waals surface area contributed by atoms with E-state index in [1.54, 1.807) is 12.1 Å². The summed E-state index contributed by atoms with van der Waals surface area (Å²) < 4.78 is 11.6. The highest BCUT2D eigenvalue weighted by atomic mass is 79.9. The second kappa shape index (κ2) is 6.69. The van der Waals surface area contributed by atoms with Crippen LogP contribution in [0.25, 0.3) is 0 Å². The van der Waals surface area contributed by atoms with E-state index in [9.17, 15) is 4.79 Å². The topological polar surface area (TPSA) is 68.3 Å². The van der Waals surface area contributed by atoms with Crippen molar-refractivity contribution in [3.63, 3.8) is 0 Å². The lowest BCUT2D eigenvalue weighted by atomic mass is 9.97. The summed E-state index contributed by atoms with van der Waals surface area (Å²) >= 11 is 3.17. The van der Waals surface area contributed by atoms with Crippen molar-refractivity contribution < 1.29 is 13.6 Å². The van der Waals surface area contributed by atoms with Gasteiger partial charge in [-0.3, -0.25) is 4.79 Å². The highest BCUT2D eigenvalue weighted by Gasteiger charge is 2.22. The second-order valence-electron chi connectivity index (χ2n) is 6.24. The lowest BCUT2D eigenvalue weighted by molar-refractivity contribution is 0.0924. The van der Waals surface area contributed by atoms with Gasteiger partial charge in [-0.1, -0.05) is 20.8 Å². The molecule has 0 radical (unpaired) electrons. The molecule has 0 atom stereocenters. The van der Waals surface area contributed by atoms with Gasteiger partial charge in [-0.2, -0.15) is 0 Å². The molecule has 6 heteroatoms. The molecule has 0 saturated carbocycles. The fraction of sp³-hybridized carbons (Fsp3) is 0.500. The van der Waals surface area contributed by atoms with Crippen LogP contribution < -0.4 is 5.32 Å². The number of hydrogen-bond acceptors (Lipinski definition) is 4. The molecule has 0 aliphatic carbocycles. The van der Waals surface area contributed by atoms with E-state index in [1.807, 2.05) is 6.92 Å². The first-order valence-corrected chi connectivity index (χ1v) is 8.07. The number of furan rings is 1. The van der Waals surface area contributed by atoms with Gasteiger partial charge in [-0.05, 0) is 41.4 Å². The molecule has 1 amide bonds. The van der Waals surface area contributed by atoms with Gasteiger partial charge in [0.15, 0.2) is 16.3 Å². The van der Waals surface area contributed by atoms with Crippen LogP contribution in [0.2, 0.25) is 0 Å². The zero-order valence-electron chi connectivity index (χ0n) is 13.3.